The minimum absolute atomic E-state index is 0.0226. The van der Waals surface area contributed by atoms with E-state index in [1.165, 1.54) is 6.42 Å². The van der Waals surface area contributed by atoms with E-state index in [1.54, 1.807) is 6.20 Å². The van der Waals surface area contributed by atoms with Crippen LogP contribution < -0.4 is 5.32 Å². The van der Waals surface area contributed by atoms with Crippen LogP contribution >= 0.6 is 0 Å². The number of nitrogens with zero attached hydrogens (tertiary/aromatic N) is 2. The van der Waals surface area contributed by atoms with E-state index in [9.17, 15) is 4.79 Å². The van der Waals surface area contributed by atoms with Crippen molar-refractivity contribution in [3.63, 3.8) is 0 Å². The average molecular weight is 233 g/mol. The molecule has 0 unspecified atom stereocenters. The van der Waals surface area contributed by atoms with E-state index in [4.69, 9.17) is 0 Å². The predicted octanol–water partition coefficient (Wildman–Crippen LogP) is 2.14. The maximum absolute atomic E-state index is 12.2. The fourth-order valence-electron chi connectivity index (χ4n) is 1.98. The minimum Gasteiger partial charge on any atom is -0.385 e. The number of pyridine rings is 1. The molecule has 0 radical (unpaired) electrons. The number of hydrogen-bond acceptors (Lipinski definition) is 3. The van der Waals surface area contributed by atoms with Crippen molar-refractivity contribution in [2.24, 2.45) is 0 Å². The summed E-state index contributed by atoms with van der Waals surface area (Å²) >= 11 is 0. The Balaban J connectivity index is 2.09. The molecule has 1 fully saturated rings. The van der Waals surface area contributed by atoms with Gasteiger partial charge in [0.15, 0.2) is 0 Å². The molecule has 0 atom stereocenters. The molecule has 4 heteroatoms. The number of rotatable bonds is 4. The highest BCUT2D eigenvalue weighted by atomic mass is 16.2. The van der Waals surface area contributed by atoms with Crippen molar-refractivity contribution in [2.75, 3.05) is 18.9 Å². The monoisotopic (exact) mass is 233 g/mol. The molecule has 1 N–H and O–H groups in total. The van der Waals surface area contributed by atoms with Gasteiger partial charge in [-0.3, -0.25) is 9.78 Å². The van der Waals surface area contributed by atoms with Gasteiger partial charge in [-0.1, -0.05) is 0 Å². The summed E-state index contributed by atoms with van der Waals surface area (Å²) in [6.45, 7) is 2.87. The Hall–Kier alpha value is -1.58. The predicted molar refractivity (Wildman–Crippen MR) is 68.1 cm³/mol. The van der Waals surface area contributed by atoms with Crippen LogP contribution in [0.2, 0.25) is 0 Å². The number of amides is 1. The van der Waals surface area contributed by atoms with Crippen LogP contribution in [0.1, 0.15) is 36.7 Å². The molecule has 1 aromatic heterocycles. The largest absolute Gasteiger partial charge is 0.385 e. The van der Waals surface area contributed by atoms with Crippen LogP contribution in [0.4, 0.5) is 5.69 Å². The molecule has 0 saturated heterocycles. The number of nitrogens with one attached hydrogen (secondary N) is 1. The zero-order valence-corrected chi connectivity index (χ0v) is 10.4. The number of hydrogen-bond donors (Lipinski definition) is 1. The summed E-state index contributed by atoms with van der Waals surface area (Å²) in [6.07, 6.45) is 5.15. The fourth-order valence-corrected chi connectivity index (χ4v) is 1.98. The van der Waals surface area contributed by atoms with Gasteiger partial charge < -0.3 is 10.2 Å². The first-order valence-electron chi connectivity index (χ1n) is 6.19. The summed E-state index contributed by atoms with van der Waals surface area (Å²) < 4.78 is 0. The summed E-state index contributed by atoms with van der Waals surface area (Å²) in [5.41, 5.74) is 1.48. The summed E-state index contributed by atoms with van der Waals surface area (Å²) in [5.74, 6) is 0.0226. The zero-order valence-electron chi connectivity index (χ0n) is 10.4. The van der Waals surface area contributed by atoms with Crippen molar-refractivity contribution < 1.29 is 4.79 Å². The lowest BCUT2D eigenvalue weighted by Crippen LogP contribution is -2.41. The van der Waals surface area contributed by atoms with Gasteiger partial charge in [-0.25, -0.2) is 0 Å². The lowest BCUT2D eigenvalue weighted by Gasteiger charge is -2.34. The Morgan fingerprint density at radius 3 is 2.94 bits per heavy atom. The first kappa shape index (κ1) is 11.9. The third kappa shape index (κ3) is 2.57. The van der Waals surface area contributed by atoms with Crippen molar-refractivity contribution in [2.45, 2.75) is 32.2 Å². The van der Waals surface area contributed by atoms with Crippen LogP contribution in [0, 0.1) is 0 Å². The van der Waals surface area contributed by atoms with Gasteiger partial charge in [0.2, 0.25) is 0 Å². The Morgan fingerprint density at radius 1 is 1.59 bits per heavy atom. The Kier molecular flexibility index (Phi) is 3.61. The molecule has 92 valence electrons. The lowest BCUT2D eigenvalue weighted by atomic mass is 9.92. The second-order valence-electron chi connectivity index (χ2n) is 4.46. The van der Waals surface area contributed by atoms with Gasteiger partial charge in [-0.2, -0.15) is 0 Å². The molecule has 1 saturated carbocycles. The molecular formula is C13H19N3O. The molecule has 4 nitrogen and oxygen atoms in total. The van der Waals surface area contributed by atoms with Gasteiger partial charge in [-0.05, 0) is 38.3 Å². The van der Waals surface area contributed by atoms with Crippen molar-refractivity contribution in [3.8, 4) is 0 Å². The van der Waals surface area contributed by atoms with E-state index in [0.717, 1.165) is 25.1 Å². The molecule has 0 spiro atoms. The van der Waals surface area contributed by atoms with Crippen LogP contribution in [-0.4, -0.2) is 35.4 Å². The maximum atomic E-state index is 12.2. The van der Waals surface area contributed by atoms with E-state index in [1.807, 2.05) is 31.0 Å². The molecule has 0 bridgehead atoms. The highest BCUT2D eigenvalue weighted by Gasteiger charge is 2.26. The number of anilines is 1. The van der Waals surface area contributed by atoms with Gasteiger partial charge in [0.25, 0.3) is 5.91 Å². The molecule has 1 heterocycles. The Labute approximate surface area is 102 Å². The molecule has 2 rings (SSSR count). The summed E-state index contributed by atoms with van der Waals surface area (Å²) in [6, 6.07) is 4.11. The van der Waals surface area contributed by atoms with Crippen molar-refractivity contribution in [1.82, 2.24) is 9.88 Å². The first-order chi connectivity index (χ1) is 8.22. The van der Waals surface area contributed by atoms with Crippen LogP contribution in [0.15, 0.2) is 18.3 Å². The molecule has 0 aromatic carbocycles. The number of carbonyl (C=O) groups excluding carboxylic acids is 1. The third-order valence-electron chi connectivity index (χ3n) is 3.30. The molecule has 0 aliphatic heterocycles. The van der Waals surface area contributed by atoms with Crippen LogP contribution in [0.25, 0.3) is 0 Å². The third-order valence-corrected chi connectivity index (χ3v) is 3.30. The Morgan fingerprint density at radius 2 is 2.35 bits per heavy atom. The van der Waals surface area contributed by atoms with Gasteiger partial charge >= 0.3 is 0 Å². The summed E-state index contributed by atoms with van der Waals surface area (Å²) in [5, 5.41) is 3.19. The van der Waals surface area contributed by atoms with Gasteiger partial charge in [0, 0.05) is 31.5 Å². The smallest absolute Gasteiger partial charge is 0.272 e. The molecule has 17 heavy (non-hydrogen) atoms. The quantitative estimate of drug-likeness (QED) is 0.866. The summed E-state index contributed by atoms with van der Waals surface area (Å²) in [7, 11) is 1.87. The second kappa shape index (κ2) is 5.17. The summed E-state index contributed by atoms with van der Waals surface area (Å²) in [4.78, 5) is 18.1. The molecule has 1 amide bonds. The molecule has 1 aromatic rings. The van der Waals surface area contributed by atoms with Crippen LogP contribution in [-0.2, 0) is 0 Å². The first-order valence-corrected chi connectivity index (χ1v) is 6.19. The molecule has 1 aliphatic rings. The number of carbonyl (C=O) groups is 1. The topological polar surface area (TPSA) is 45.2 Å². The Bertz CT molecular complexity index is 401. The van der Waals surface area contributed by atoms with Crippen LogP contribution in [0.5, 0.6) is 0 Å². The minimum atomic E-state index is 0.0226. The fraction of sp³-hybridized carbons (Fsp3) is 0.538. The SMILES string of the molecule is CCNc1ccnc(C(=O)N(C)C2CCC2)c1. The van der Waals surface area contributed by atoms with E-state index in [-0.39, 0.29) is 5.91 Å². The van der Waals surface area contributed by atoms with Crippen molar-refractivity contribution >= 4 is 11.6 Å². The van der Waals surface area contributed by atoms with Gasteiger partial charge in [0.05, 0.1) is 0 Å². The van der Waals surface area contributed by atoms with Crippen molar-refractivity contribution in [1.29, 1.82) is 0 Å². The maximum Gasteiger partial charge on any atom is 0.272 e. The zero-order chi connectivity index (χ0) is 12.3. The standard InChI is InChI=1S/C13H19N3O/c1-3-14-10-7-8-15-12(9-10)13(17)16(2)11-5-4-6-11/h7-9,11H,3-6H2,1-2H3,(H,14,15). The highest BCUT2D eigenvalue weighted by Crippen LogP contribution is 2.24. The van der Waals surface area contributed by atoms with Crippen molar-refractivity contribution in [3.05, 3.63) is 24.0 Å². The van der Waals surface area contributed by atoms with E-state index < -0.39 is 0 Å². The lowest BCUT2D eigenvalue weighted by molar-refractivity contribution is 0.0646. The van der Waals surface area contributed by atoms with E-state index in [2.05, 4.69) is 10.3 Å². The number of aromatic nitrogens is 1. The molecular weight excluding hydrogens is 214 g/mol. The van der Waals surface area contributed by atoms with E-state index >= 15 is 0 Å². The average Bonchev–Trinajstić information content (AvgIpc) is 2.26. The van der Waals surface area contributed by atoms with Gasteiger partial charge in [0.1, 0.15) is 5.69 Å². The second-order valence-corrected chi connectivity index (χ2v) is 4.46. The van der Waals surface area contributed by atoms with E-state index in [0.29, 0.717) is 11.7 Å². The molecule has 1 aliphatic carbocycles. The van der Waals surface area contributed by atoms with Gasteiger partial charge in [-0.15, -0.1) is 0 Å². The van der Waals surface area contributed by atoms with Crippen LogP contribution in [0.3, 0.4) is 0 Å². The normalized spacial score (nSPS) is 15.2. The highest BCUT2D eigenvalue weighted by molar-refractivity contribution is 5.93.